The molecular formula is C61H97N9O17. The van der Waals surface area contributed by atoms with Crippen molar-refractivity contribution >= 4 is 76.4 Å². The number of aliphatic carboxylic acids is 1. The van der Waals surface area contributed by atoms with Crippen molar-refractivity contribution in [3.05, 3.63) is 35.9 Å². The second-order valence-electron chi connectivity index (χ2n) is 23.2. The molecule has 2 aliphatic heterocycles. The molecule has 0 aromatic heterocycles. The Hall–Kier alpha value is -7.03. The molecule has 26 heteroatoms. The van der Waals surface area contributed by atoms with Crippen molar-refractivity contribution in [2.75, 3.05) is 52.5 Å². The van der Waals surface area contributed by atoms with E-state index in [0.717, 1.165) is 12.5 Å². The number of ketones is 5. The number of carboxylic acids is 1. The van der Waals surface area contributed by atoms with Crippen LogP contribution in [0.25, 0.3) is 0 Å². The van der Waals surface area contributed by atoms with Crippen LogP contribution in [0.15, 0.2) is 30.3 Å². The number of unbranched alkanes of at least 4 members (excludes halogenated alkanes) is 1. The highest BCUT2D eigenvalue weighted by Crippen LogP contribution is 2.25. The minimum atomic E-state index is -1.19. The van der Waals surface area contributed by atoms with E-state index in [1.807, 2.05) is 58.0 Å². The maximum atomic E-state index is 13.8. The van der Waals surface area contributed by atoms with Crippen molar-refractivity contribution in [1.29, 1.82) is 0 Å². The first-order valence-electron chi connectivity index (χ1n) is 30.4. The molecule has 2 aliphatic rings. The Balaban J connectivity index is 0.00000624. The number of aliphatic hydroxyl groups excluding tert-OH is 1. The fourth-order valence-corrected chi connectivity index (χ4v) is 10.1. The van der Waals surface area contributed by atoms with Crippen LogP contribution >= 0.6 is 0 Å². The molecular weight excluding hydrogens is 1130 g/mol. The lowest BCUT2D eigenvalue weighted by Crippen LogP contribution is -2.45. The van der Waals surface area contributed by atoms with Gasteiger partial charge in [0.2, 0.25) is 35.4 Å². The van der Waals surface area contributed by atoms with E-state index in [-0.39, 0.29) is 146 Å². The van der Waals surface area contributed by atoms with Gasteiger partial charge in [-0.05, 0) is 82.2 Å². The van der Waals surface area contributed by atoms with E-state index in [1.165, 1.54) is 11.8 Å². The third kappa shape index (κ3) is 32.5. The molecule has 0 spiro atoms. The van der Waals surface area contributed by atoms with Crippen LogP contribution in [0, 0.1) is 29.6 Å². The number of nitrogens with two attached hydrogens (primary N) is 2. The van der Waals surface area contributed by atoms with Crippen LogP contribution in [-0.2, 0) is 73.6 Å². The molecule has 8 atom stereocenters. The highest BCUT2D eigenvalue weighted by molar-refractivity contribution is 5.97. The number of rotatable bonds is 42. The van der Waals surface area contributed by atoms with Crippen molar-refractivity contribution < 1.29 is 82.0 Å². The maximum absolute atomic E-state index is 13.8. The Morgan fingerprint density at radius 3 is 1.95 bits per heavy atom. The standard InChI is InChI=1S/C59H93N9O15.C2H4O2/c1-37(2)28-42(30-44(69)35-65-57(79)43(29-38(3)4)32-51(73)46(16-19-53(61)75)67-54(76)20-17-50(72)47-33-45(70)34-64-47)58(80)66-39(5)49(71)18-21-55(77)68-25-11-15-48(68)52(74)31-41(14-9-10-22-60)56(78)62-23-26-82-27-24-63-59(81)83-36-40-12-7-6-8-13-40;1-2(3)4/h6-8,12-13,37-39,41-43,45-48,64,70H,9-11,14-36,60H2,1-5H3,(H2,61,75)(H,62,78)(H,63,81)(H,65,79)(H,66,80)(H,67,76);1H3,(H,3,4)/t39-,41+,42+,43+,45+,46-,47-,48-;/m0./s1. The lowest BCUT2D eigenvalue weighted by Gasteiger charge is -2.26. The number of carbonyl (C=O) groups excluding carboxylic acids is 12. The van der Waals surface area contributed by atoms with Crippen LogP contribution in [0.5, 0.6) is 0 Å². The van der Waals surface area contributed by atoms with Crippen molar-refractivity contribution in [1.82, 2.24) is 36.8 Å². The van der Waals surface area contributed by atoms with Crippen LogP contribution < -0.4 is 43.4 Å². The zero-order valence-corrected chi connectivity index (χ0v) is 51.7. The molecule has 26 nitrogen and oxygen atoms in total. The number of benzene rings is 1. The molecule has 7 amide bonds. The number of primary amides is 1. The topological polar surface area (TPSA) is 408 Å². The van der Waals surface area contributed by atoms with Crippen LogP contribution in [0.2, 0.25) is 0 Å². The number of amides is 7. The minimum Gasteiger partial charge on any atom is -0.481 e. The molecule has 0 bridgehead atoms. The Bertz CT molecular complexity index is 2420. The van der Waals surface area contributed by atoms with Gasteiger partial charge in [-0.2, -0.15) is 0 Å². The minimum absolute atomic E-state index is 0.0448. The quantitative estimate of drug-likeness (QED) is 0.0418. The monoisotopic (exact) mass is 1230 g/mol. The summed E-state index contributed by atoms with van der Waals surface area (Å²) in [7, 11) is 0. The third-order valence-electron chi connectivity index (χ3n) is 14.6. The molecule has 488 valence electrons. The van der Waals surface area contributed by atoms with Gasteiger partial charge < -0.3 is 68.0 Å². The predicted molar refractivity (Wildman–Crippen MR) is 320 cm³/mol. The molecule has 1 aromatic rings. The normalized spacial score (nSPS) is 17.1. The first-order valence-corrected chi connectivity index (χ1v) is 30.4. The van der Waals surface area contributed by atoms with Gasteiger partial charge in [0.15, 0.2) is 23.1 Å². The molecule has 87 heavy (non-hydrogen) atoms. The summed E-state index contributed by atoms with van der Waals surface area (Å²) in [4.78, 5) is 168. The van der Waals surface area contributed by atoms with Gasteiger partial charge in [0.05, 0.1) is 50.0 Å². The number of nitrogens with one attached hydrogen (secondary N) is 6. The number of aliphatic hydroxyl groups is 1. The van der Waals surface area contributed by atoms with E-state index in [1.54, 1.807) is 0 Å². The highest BCUT2D eigenvalue weighted by atomic mass is 16.5. The van der Waals surface area contributed by atoms with Crippen molar-refractivity contribution in [2.45, 2.75) is 188 Å². The van der Waals surface area contributed by atoms with Crippen molar-refractivity contribution in [3.63, 3.8) is 0 Å². The Labute approximate surface area is 510 Å². The SMILES string of the molecule is CC(=O)O.CC(C)C[C@H](CC(=O)[C@H](CCC(N)=O)NC(=O)CCC(=O)[C@@H]1C[C@@H](O)CN1)C(=O)NCC(=O)C[C@@H](CC(C)C)C(=O)N[C@@H](C)C(=O)CCC(=O)N1CCC[C@H]1C(=O)C[C@@H](CCCCN)C(=O)NCCOCCNC(=O)OCc1ccccc1. The van der Waals surface area contributed by atoms with Gasteiger partial charge in [0, 0.05) is 102 Å². The fraction of sp³-hybridized carbons (Fsp3) is 0.689. The van der Waals surface area contributed by atoms with E-state index >= 15 is 0 Å². The van der Waals surface area contributed by atoms with Crippen LogP contribution in [0.4, 0.5) is 4.79 Å². The molecule has 3 rings (SSSR count). The largest absolute Gasteiger partial charge is 0.481 e. The van der Waals surface area contributed by atoms with Gasteiger partial charge in [-0.3, -0.25) is 57.5 Å². The number of hydrogen-bond acceptors (Lipinski definition) is 18. The number of nitrogens with zero attached hydrogens (tertiary/aromatic N) is 1. The van der Waals surface area contributed by atoms with Crippen molar-refractivity contribution in [3.8, 4) is 0 Å². The maximum Gasteiger partial charge on any atom is 0.407 e. The third-order valence-corrected chi connectivity index (χ3v) is 14.6. The van der Waals surface area contributed by atoms with E-state index in [9.17, 15) is 62.6 Å². The fourth-order valence-electron chi connectivity index (χ4n) is 10.1. The molecule has 2 saturated heterocycles. The highest BCUT2D eigenvalue weighted by Gasteiger charge is 2.37. The summed E-state index contributed by atoms with van der Waals surface area (Å²) in [6.07, 6.45) is 0.187. The van der Waals surface area contributed by atoms with E-state index in [2.05, 4.69) is 31.9 Å². The summed E-state index contributed by atoms with van der Waals surface area (Å²) in [5.74, 6) is -8.65. The number of hydrogen-bond donors (Lipinski definition) is 10. The lowest BCUT2D eigenvalue weighted by atomic mass is 9.88. The Kier molecular flexibility index (Phi) is 36.7. The smallest absolute Gasteiger partial charge is 0.407 e. The summed E-state index contributed by atoms with van der Waals surface area (Å²) >= 11 is 0. The van der Waals surface area contributed by atoms with Crippen molar-refractivity contribution in [2.24, 2.45) is 41.1 Å². The first kappa shape index (κ1) is 76.1. The van der Waals surface area contributed by atoms with Gasteiger partial charge >= 0.3 is 6.09 Å². The summed E-state index contributed by atoms with van der Waals surface area (Å²) in [5, 5.41) is 33.4. The van der Waals surface area contributed by atoms with E-state index < -0.39 is 114 Å². The Morgan fingerprint density at radius 2 is 1.34 bits per heavy atom. The molecule has 1 aromatic carbocycles. The number of Topliss-reactive ketones (excluding diaryl/α,β-unsaturated/α-hetero) is 5. The number of likely N-dealkylation sites (tertiary alicyclic amines) is 1. The lowest BCUT2D eigenvalue weighted by molar-refractivity contribution is -0.139. The van der Waals surface area contributed by atoms with Gasteiger partial charge in [-0.25, -0.2) is 4.79 Å². The predicted octanol–water partition coefficient (Wildman–Crippen LogP) is 1.87. The molecule has 2 heterocycles. The average molecular weight is 1230 g/mol. The molecule has 0 aliphatic carbocycles. The molecule has 12 N–H and O–H groups in total. The first-order chi connectivity index (χ1) is 41.2. The van der Waals surface area contributed by atoms with Crippen LogP contribution in [0.1, 0.15) is 156 Å². The Morgan fingerprint density at radius 1 is 0.713 bits per heavy atom. The van der Waals surface area contributed by atoms with Gasteiger partial charge in [0.25, 0.3) is 5.97 Å². The molecule has 2 fully saturated rings. The second kappa shape index (κ2) is 42.0. The average Bonchev–Trinajstić information content (AvgIpc) is 3.82. The van der Waals surface area contributed by atoms with Crippen LogP contribution in [0.3, 0.4) is 0 Å². The summed E-state index contributed by atoms with van der Waals surface area (Å²) in [6, 6.07) is 5.68. The molecule has 0 radical (unpaired) electrons. The number of carbonyl (C=O) groups is 13. The number of carboxylic acid groups (broad SMARTS) is 1. The summed E-state index contributed by atoms with van der Waals surface area (Å²) < 4.78 is 10.7. The number of alkyl carbamates (subject to hydrolysis) is 1. The van der Waals surface area contributed by atoms with Gasteiger partial charge in [-0.1, -0.05) is 64.4 Å². The van der Waals surface area contributed by atoms with E-state index in [0.29, 0.717) is 45.2 Å². The second-order valence-corrected chi connectivity index (χ2v) is 23.2. The summed E-state index contributed by atoms with van der Waals surface area (Å²) in [6.45, 7) is 11.3. The van der Waals surface area contributed by atoms with Crippen LogP contribution in [-0.4, -0.2) is 174 Å². The van der Waals surface area contributed by atoms with Gasteiger partial charge in [-0.15, -0.1) is 0 Å². The van der Waals surface area contributed by atoms with E-state index in [4.69, 9.17) is 30.8 Å². The number of ether oxygens (including phenoxy) is 2. The zero-order chi connectivity index (χ0) is 65.0. The summed E-state index contributed by atoms with van der Waals surface area (Å²) in [5.41, 5.74) is 11.9. The molecule has 0 saturated carbocycles. The zero-order valence-electron chi connectivity index (χ0n) is 51.7. The molecule has 0 unspecified atom stereocenters. The number of β-amino-alcohol motifs (C(OH)–C–C–N with tert-alkyl or cyclic N) is 1. The van der Waals surface area contributed by atoms with Gasteiger partial charge in [0.1, 0.15) is 12.4 Å².